The van der Waals surface area contributed by atoms with Crippen LogP contribution in [0.1, 0.15) is 51.5 Å². The number of ketones is 1. The highest BCUT2D eigenvalue weighted by atomic mass is 16.2. The molecule has 0 saturated carbocycles. The van der Waals surface area contributed by atoms with E-state index in [0.717, 1.165) is 16.8 Å². The first-order valence-corrected chi connectivity index (χ1v) is 10.1. The molecule has 154 valence electrons. The molecule has 1 aliphatic heterocycles. The number of hydrogen-bond donors (Lipinski definition) is 1. The SMILES string of the molecule is CC(=O)Nc1ccc(N2C(=O)CC(c3ccncc3)C3=C2CC(C)(C)CC3=O)cc1. The molecule has 2 amide bonds. The number of pyridine rings is 1. The van der Waals surface area contributed by atoms with Crippen LogP contribution in [0.3, 0.4) is 0 Å². The summed E-state index contributed by atoms with van der Waals surface area (Å²) < 4.78 is 0. The van der Waals surface area contributed by atoms with E-state index < -0.39 is 0 Å². The lowest BCUT2D eigenvalue weighted by molar-refractivity contribution is -0.121. The fourth-order valence-corrected chi connectivity index (χ4v) is 4.49. The van der Waals surface area contributed by atoms with Gasteiger partial charge in [-0.05, 0) is 53.8 Å². The normalized spacial score (nSPS) is 20.8. The van der Waals surface area contributed by atoms with Gasteiger partial charge in [-0.25, -0.2) is 0 Å². The fourth-order valence-electron chi connectivity index (χ4n) is 4.49. The van der Waals surface area contributed by atoms with Gasteiger partial charge in [0, 0.05) is 60.7 Å². The quantitative estimate of drug-likeness (QED) is 0.833. The van der Waals surface area contributed by atoms with Crippen molar-refractivity contribution < 1.29 is 14.4 Å². The van der Waals surface area contributed by atoms with Gasteiger partial charge >= 0.3 is 0 Å². The Balaban J connectivity index is 1.81. The number of carbonyl (C=O) groups is 3. The van der Waals surface area contributed by atoms with Gasteiger partial charge in [0.1, 0.15) is 0 Å². The number of carbonyl (C=O) groups excluding carboxylic acids is 3. The van der Waals surface area contributed by atoms with Gasteiger partial charge in [0.25, 0.3) is 0 Å². The second kappa shape index (κ2) is 7.52. The molecule has 30 heavy (non-hydrogen) atoms. The fraction of sp³-hybridized carbons (Fsp3) is 0.333. The molecule has 0 radical (unpaired) electrons. The summed E-state index contributed by atoms with van der Waals surface area (Å²) in [4.78, 5) is 43.6. The van der Waals surface area contributed by atoms with Crippen molar-refractivity contribution >= 4 is 29.0 Å². The Morgan fingerprint density at radius 1 is 1.07 bits per heavy atom. The molecule has 2 aliphatic rings. The van der Waals surface area contributed by atoms with Crippen LogP contribution in [0, 0.1) is 5.41 Å². The van der Waals surface area contributed by atoms with Gasteiger partial charge in [-0.3, -0.25) is 24.3 Å². The Morgan fingerprint density at radius 2 is 1.73 bits per heavy atom. The summed E-state index contributed by atoms with van der Waals surface area (Å²) in [7, 11) is 0. The summed E-state index contributed by atoms with van der Waals surface area (Å²) in [6, 6.07) is 10.9. The monoisotopic (exact) mass is 403 g/mol. The zero-order chi connectivity index (χ0) is 21.5. The number of aromatic nitrogens is 1. The second-order valence-corrected chi connectivity index (χ2v) is 8.80. The largest absolute Gasteiger partial charge is 0.326 e. The predicted octanol–water partition coefficient (Wildman–Crippen LogP) is 4.20. The molecule has 1 aliphatic carbocycles. The molecule has 4 rings (SSSR count). The number of benzene rings is 1. The maximum Gasteiger partial charge on any atom is 0.232 e. The smallest absolute Gasteiger partial charge is 0.232 e. The highest BCUT2D eigenvalue weighted by molar-refractivity contribution is 6.08. The van der Waals surface area contributed by atoms with E-state index >= 15 is 0 Å². The lowest BCUT2D eigenvalue weighted by Gasteiger charge is -2.43. The number of rotatable bonds is 3. The number of allylic oxidation sites excluding steroid dienone is 2. The van der Waals surface area contributed by atoms with Crippen LogP contribution in [-0.4, -0.2) is 22.6 Å². The van der Waals surface area contributed by atoms with Crippen molar-refractivity contribution in [3.05, 3.63) is 65.6 Å². The number of Topliss-reactive ketones (excluding diaryl/α,β-unsaturated/α-hetero) is 1. The summed E-state index contributed by atoms with van der Waals surface area (Å²) in [6.07, 6.45) is 4.75. The van der Waals surface area contributed by atoms with Gasteiger partial charge in [-0.15, -0.1) is 0 Å². The highest BCUT2D eigenvalue weighted by Gasteiger charge is 2.44. The minimum atomic E-state index is -0.242. The molecule has 1 unspecified atom stereocenters. The Morgan fingerprint density at radius 3 is 2.37 bits per heavy atom. The van der Waals surface area contributed by atoms with E-state index in [0.29, 0.717) is 24.2 Å². The summed E-state index contributed by atoms with van der Waals surface area (Å²) >= 11 is 0. The Kier molecular flexibility index (Phi) is 5.02. The van der Waals surface area contributed by atoms with Crippen molar-refractivity contribution in [2.24, 2.45) is 5.41 Å². The van der Waals surface area contributed by atoms with Gasteiger partial charge in [-0.1, -0.05) is 13.8 Å². The van der Waals surface area contributed by atoms with E-state index in [1.54, 1.807) is 29.4 Å². The van der Waals surface area contributed by atoms with Crippen molar-refractivity contribution in [2.75, 3.05) is 10.2 Å². The molecule has 0 fully saturated rings. The lowest BCUT2D eigenvalue weighted by atomic mass is 9.69. The maximum atomic E-state index is 13.3. The number of hydrogen-bond acceptors (Lipinski definition) is 4. The van der Waals surface area contributed by atoms with Gasteiger partial charge in [-0.2, -0.15) is 0 Å². The van der Waals surface area contributed by atoms with Gasteiger partial charge in [0.2, 0.25) is 11.8 Å². The maximum absolute atomic E-state index is 13.3. The van der Waals surface area contributed by atoms with Gasteiger partial charge in [0.15, 0.2) is 5.78 Å². The number of amides is 2. The third-order valence-corrected chi connectivity index (χ3v) is 5.70. The Bertz CT molecular complexity index is 1040. The molecule has 6 heteroatoms. The van der Waals surface area contributed by atoms with Crippen LogP contribution in [-0.2, 0) is 14.4 Å². The molecule has 0 saturated heterocycles. The topological polar surface area (TPSA) is 79.4 Å². The van der Waals surface area contributed by atoms with Crippen molar-refractivity contribution in [2.45, 2.75) is 46.0 Å². The zero-order valence-corrected chi connectivity index (χ0v) is 17.4. The van der Waals surface area contributed by atoms with Crippen LogP contribution in [0.15, 0.2) is 60.1 Å². The summed E-state index contributed by atoms with van der Waals surface area (Å²) in [5.74, 6) is -0.320. The molecule has 2 heterocycles. The van der Waals surface area contributed by atoms with E-state index in [4.69, 9.17) is 0 Å². The molecule has 1 atom stereocenters. The second-order valence-electron chi connectivity index (χ2n) is 8.80. The first-order valence-electron chi connectivity index (χ1n) is 10.1. The average Bonchev–Trinajstić information content (AvgIpc) is 2.67. The van der Waals surface area contributed by atoms with Crippen LogP contribution in [0.5, 0.6) is 0 Å². The molecule has 1 aromatic heterocycles. The van der Waals surface area contributed by atoms with E-state index in [2.05, 4.69) is 24.1 Å². The minimum Gasteiger partial charge on any atom is -0.326 e. The van der Waals surface area contributed by atoms with Crippen molar-refractivity contribution in [1.29, 1.82) is 0 Å². The standard InChI is InChI=1S/C24H25N3O3/c1-15(28)26-17-4-6-18(7-5-17)27-20-13-24(2,3)14-21(29)23(20)19(12-22(27)30)16-8-10-25-11-9-16/h4-11,19H,12-14H2,1-3H3,(H,26,28). The van der Waals surface area contributed by atoms with E-state index in [1.807, 2.05) is 24.3 Å². The predicted molar refractivity (Wildman–Crippen MR) is 115 cm³/mol. The first-order chi connectivity index (χ1) is 14.2. The zero-order valence-electron chi connectivity index (χ0n) is 17.4. The van der Waals surface area contributed by atoms with Crippen LogP contribution < -0.4 is 10.2 Å². The number of nitrogens with one attached hydrogen (secondary N) is 1. The molecule has 0 spiro atoms. The Labute approximate surface area is 176 Å². The first kappa shape index (κ1) is 20.0. The van der Waals surface area contributed by atoms with Crippen LogP contribution in [0.25, 0.3) is 0 Å². The summed E-state index contributed by atoms with van der Waals surface area (Å²) in [5, 5.41) is 2.74. The average molecular weight is 403 g/mol. The highest BCUT2D eigenvalue weighted by Crippen LogP contribution is 2.48. The minimum absolute atomic E-state index is 0.0339. The molecule has 1 N–H and O–H groups in total. The van der Waals surface area contributed by atoms with Crippen molar-refractivity contribution in [1.82, 2.24) is 4.98 Å². The van der Waals surface area contributed by atoms with E-state index in [1.165, 1.54) is 6.92 Å². The van der Waals surface area contributed by atoms with Crippen molar-refractivity contribution in [3.63, 3.8) is 0 Å². The van der Waals surface area contributed by atoms with Crippen molar-refractivity contribution in [3.8, 4) is 0 Å². The molecule has 2 aromatic rings. The van der Waals surface area contributed by atoms with Crippen LogP contribution >= 0.6 is 0 Å². The van der Waals surface area contributed by atoms with Gasteiger partial charge < -0.3 is 5.32 Å². The lowest BCUT2D eigenvalue weighted by Crippen LogP contribution is -2.43. The van der Waals surface area contributed by atoms with E-state index in [-0.39, 0.29) is 35.4 Å². The summed E-state index contributed by atoms with van der Waals surface area (Å²) in [5.41, 5.74) is 3.64. The Hall–Kier alpha value is -3.28. The number of nitrogens with zero attached hydrogens (tertiary/aromatic N) is 2. The molecule has 6 nitrogen and oxygen atoms in total. The third kappa shape index (κ3) is 3.77. The molecule has 1 aromatic carbocycles. The van der Waals surface area contributed by atoms with Gasteiger partial charge in [0.05, 0.1) is 0 Å². The number of anilines is 2. The van der Waals surface area contributed by atoms with Crippen LogP contribution in [0.4, 0.5) is 11.4 Å². The van der Waals surface area contributed by atoms with E-state index in [9.17, 15) is 14.4 Å². The molecule has 0 bridgehead atoms. The summed E-state index contributed by atoms with van der Waals surface area (Å²) in [6.45, 7) is 5.58. The molecular formula is C24H25N3O3. The third-order valence-electron chi connectivity index (χ3n) is 5.70. The van der Waals surface area contributed by atoms with Crippen LogP contribution in [0.2, 0.25) is 0 Å². The molecular weight excluding hydrogens is 378 g/mol.